The zero-order chi connectivity index (χ0) is 11.0. The highest BCUT2D eigenvalue weighted by Gasteiger charge is 2.09. The molecular weight excluding hydrogens is 192 g/mol. The number of nitrogens with two attached hydrogens (primary N) is 1. The predicted octanol–water partition coefficient (Wildman–Crippen LogP) is 0.565. The van der Waals surface area contributed by atoms with E-state index in [1.807, 2.05) is 19.9 Å². The van der Waals surface area contributed by atoms with Gasteiger partial charge in [0.1, 0.15) is 5.82 Å². The Morgan fingerprint density at radius 1 is 1.07 bits per heavy atom. The lowest BCUT2D eigenvalue weighted by Gasteiger charge is -2.02. The summed E-state index contributed by atoms with van der Waals surface area (Å²) in [6, 6.07) is 1.89. The molecule has 6 nitrogen and oxygen atoms in total. The fourth-order valence-corrected chi connectivity index (χ4v) is 1.38. The molecule has 0 aliphatic rings. The summed E-state index contributed by atoms with van der Waals surface area (Å²) >= 11 is 0. The number of anilines is 1. The standard InChI is InChI=1S/C9H12N6/c1-5-4-6(2)12-9(11-5)15-8(10)13-7(3)14-15/h4H,1-3H3,(H2,10,13,14). The Bertz CT molecular complexity index is 481. The average molecular weight is 204 g/mol. The van der Waals surface area contributed by atoms with Crippen molar-refractivity contribution >= 4 is 5.95 Å². The highest BCUT2D eigenvalue weighted by Crippen LogP contribution is 2.08. The van der Waals surface area contributed by atoms with Crippen molar-refractivity contribution in [2.75, 3.05) is 5.73 Å². The van der Waals surface area contributed by atoms with Crippen LogP contribution < -0.4 is 5.73 Å². The lowest BCUT2D eigenvalue weighted by molar-refractivity contribution is 0.792. The summed E-state index contributed by atoms with van der Waals surface area (Å²) in [7, 11) is 0. The molecule has 0 spiro atoms. The highest BCUT2D eigenvalue weighted by atomic mass is 15.4. The molecule has 0 atom stereocenters. The molecule has 0 fully saturated rings. The molecule has 0 amide bonds. The monoisotopic (exact) mass is 204 g/mol. The first-order valence-corrected chi connectivity index (χ1v) is 4.58. The van der Waals surface area contributed by atoms with E-state index in [1.54, 1.807) is 6.92 Å². The SMILES string of the molecule is Cc1cc(C)nc(-n2nc(C)nc2N)n1. The number of hydrogen-bond donors (Lipinski definition) is 1. The molecule has 2 aromatic heterocycles. The molecule has 78 valence electrons. The average Bonchev–Trinajstić information content (AvgIpc) is 2.43. The Kier molecular flexibility index (Phi) is 2.11. The second-order valence-corrected chi connectivity index (χ2v) is 3.38. The van der Waals surface area contributed by atoms with Crippen LogP contribution in [0.15, 0.2) is 6.07 Å². The van der Waals surface area contributed by atoms with Crippen LogP contribution in [0.3, 0.4) is 0 Å². The van der Waals surface area contributed by atoms with Gasteiger partial charge in [0, 0.05) is 11.4 Å². The van der Waals surface area contributed by atoms with Crippen LogP contribution in [0.2, 0.25) is 0 Å². The third-order valence-corrected chi connectivity index (χ3v) is 1.90. The molecule has 2 N–H and O–H groups in total. The molecule has 0 aromatic carbocycles. The van der Waals surface area contributed by atoms with Crippen molar-refractivity contribution in [1.29, 1.82) is 0 Å². The van der Waals surface area contributed by atoms with Crippen molar-refractivity contribution in [3.05, 3.63) is 23.3 Å². The number of aromatic nitrogens is 5. The first-order valence-electron chi connectivity index (χ1n) is 4.58. The van der Waals surface area contributed by atoms with Crippen LogP contribution in [-0.4, -0.2) is 24.7 Å². The fraction of sp³-hybridized carbons (Fsp3) is 0.333. The van der Waals surface area contributed by atoms with Gasteiger partial charge >= 0.3 is 0 Å². The van der Waals surface area contributed by atoms with E-state index in [0.29, 0.717) is 17.7 Å². The van der Waals surface area contributed by atoms with Crippen LogP contribution >= 0.6 is 0 Å². The smallest absolute Gasteiger partial charge is 0.254 e. The van der Waals surface area contributed by atoms with Crippen molar-refractivity contribution in [2.24, 2.45) is 0 Å². The first-order chi connectivity index (χ1) is 7.06. The van der Waals surface area contributed by atoms with E-state index in [0.717, 1.165) is 11.4 Å². The van der Waals surface area contributed by atoms with E-state index in [2.05, 4.69) is 20.1 Å². The molecule has 2 aromatic rings. The van der Waals surface area contributed by atoms with E-state index in [1.165, 1.54) is 4.68 Å². The van der Waals surface area contributed by atoms with Gasteiger partial charge in [0.05, 0.1) is 0 Å². The Morgan fingerprint density at radius 3 is 2.13 bits per heavy atom. The Labute approximate surface area is 87.2 Å². The second kappa shape index (κ2) is 3.30. The van der Waals surface area contributed by atoms with Crippen LogP contribution in [0.4, 0.5) is 5.95 Å². The number of rotatable bonds is 1. The van der Waals surface area contributed by atoms with Gasteiger partial charge in [-0.25, -0.2) is 9.97 Å². The summed E-state index contributed by atoms with van der Waals surface area (Å²) in [6.07, 6.45) is 0. The van der Waals surface area contributed by atoms with Gasteiger partial charge in [0.15, 0.2) is 0 Å². The van der Waals surface area contributed by atoms with Crippen LogP contribution in [0.25, 0.3) is 5.95 Å². The van der Waals surface area contributed by atoms with Gasteiger partial charge < -0.3 is 5.73 Å². The highest BCUT2D eigenvalue weighted by molar-refractivity contribution is 5.27. The molecule has 0 radical (unpaired) electrons. The summed E-state index contributed by atoms with van der Waals surface area (Å²) in [5.74, 6) is 1.37. The maximum Gasteiger partial charge on any atom is 0.254 e. The quantitative estimate of drug-likeness (QED) is 0.734. The lowest BCUT2D eigenvalue weighted by atomic mass is 10.4. The third kappa shape index (κ3) is 1.78. The summed E-state index contributed by atoms with van der Waals surface area (Å²) in [5, 5.41) is 4.12. The minimum absolute atomic E-state index is 0.303. The fourth-order valence-electron chi connectivity index (χ4n) is 1.38. The topological polar surface area (TPSA) is 82.5 Å². The lowest BCUT2D eigenvalue weighted by Crippen LogP contribution is -2.08. The predicted molar refractivity (Wildman–Crippen MR) is 55.6 cm³/mol. The first kappa shape index (κ1) is 9.57. The molecule has 0 aliphatic heterocycles. The van der Waals surface area contributed by atoms with E-state index < -0.39 is 0 Å². The van der Waals surface area contributed by atoms with Gasteiger partial charge in [0.25, 0.3) is 5.95 Å². The van der Waals surface area contributed by atoms with Gasteiger partial charge in [-0.05, 0) is 26.8 Å². The third-order valence-electron chi connectivity index (χ3n) is 1.90. The maximum absolute atomic E-state index is 5.68. The molecular formula is C9H12N6. The van der Waals surface area contributed by atoms with Gasteiger partial charge in [-0.2, -0.15) is 9.67 Å². The maximum atomic E-state index is 5.68. The molecule has 15 heavy (non-hydrogen) atoms. The van der Waals surface area contributed by atoms with Crippen molar-refractivity contribution in [2.45, 2.75) is 20.8 Å². The molecule has 2 heterocycles. The second-order valence-electron chi connectivity index (χ2n) is 3.38. The van der Waals surface area contributed by atoms with Crippen molar-refractivity contribution in [3.8, 4) is 5.95 Å². The largest absolute Gasteiger partial charge is 0.368 e. The van der Waals surface area contributed by atoms with E-state index in [-0.39, 0.29) is 0 Å². The Morgan fingerprint density at radius 2 is 1.67 bits per heavy atom. The van der Waals surface area contributed by atoms with E-state index in [9.17, 15) is 0 Å². The zero-order valence-corrected chi connectivity index (χ0v) is 8.89. The molecule has 0 unspecified atom stereocenters. The summed E-state index contributed by atoms with van der Waals surface area (Å²) in [5.41, 5.74) is 7.44. The van der Waals surface area contributed by atoms with Crippen molar-refractivity contribution in [1.82, 2.24) is 24.7 Å². The van der Waals surface area contributed by atoms with Gasteiger partial charge in [-0.15, -0.1) is 5.10 Å². The van der Waals surface area contributed by atoms with E-state index >= 15 is 0 Å². The van der Waals surface area contributed by atoms with Crippen LogP contribution in [-0.2, 0) is 0 Å². The van der Waals surface area contributed by atoms with Crippen LogP contribution in [0.5, 0.6) is 0 Å². The van der Waals surface area contributed by atoms with Crippen molar-refractivity contribution < 1.29 is 0 Å². The van der Waals surface area contributed by atoms with Crippen LogP contribution in [0.1, 0.15) is 17.2 Å². The number of nitrogen functional groups attached to an aromatic ring is 1. The molecule has 2 rings (SSSR count). The van der Waals surface area contributed by atoms with Gasteiger partial charge in [-0.3, -0.25) is 0 Å². The van der Waals surface area contributed by atoms with Crippen LogP contribution in [0, 0.1) is 20.8 Å². The summed E-state index contributed by atoms with van der Waals surface area (Å²) < 4.78 is 1.44. The Hall–Kier alpha value is -1.98. The molecule has 0 bridgehead atoms. The minimum atomic E-state index is 0.303. The molecule has 0 saturated carbocycles. The summed E-state index contributed by atoms with van der Waals surface area (Å²) in [4.78, 5) is 12.5. The Balaban J connectivity index is 2.58. The molecule has 0 saturated heterocycles. The number of aryl methyl sites for hydroxylation is 3. The van der Waals surface area contributed by atoms with Gasteiger partial charge in [0.2, 0.25) is 5.95 Å². The normalized spacial score (nSPS) is 10.6. The van der Waals surface area contributed by atoms with Crippen molar-refractivity contribution in [3.63, 3.8) is 0 Å². The van der Waals surface area contributed by atoms with E-state index in [4.69, 9.17) is 5.73 Å². The molecule has 0 aliphatic carbocycles. The minimum Gasteiger partial charge on any atom is -0.368 e. The zero-order valence-electron chi connectivity index (χ0n) is 8.89. The molecule has 6 heteroatoms. The summed E-state index contributed by atoms with van der Waals surface area (Å²) in [6.45, 7) is 5.58. The number of nitrogens with zero attached hydrogens (tertiary/aromatic N) is 5. The number of hydrogen-bond acceptors (Lipinski definition) is 5. The van der Waals surface area contributed by atoms with Gasteiger partial charge in [-0.1, -0.05) is 0 Å².